The molecule has 1 aromatic heterocycles. The molecule has 1 aromatic rings. The van der Waals surface area contributed by atoms with Crippen LogP contribution in [0.25, 0.3) is 0 Å². The number of hydrogen-bond acceptors (Lipinski definition) is 4. The highest BCUT2D eigenvalue weighted by atomic mass is 15.3. The lowest BCUT2D eigenvalue weighted by atomic mass is 9.99. The molecule has 18 heavy (non-hydrogen) atoms. The van der Waals surface area contributed by atoms with Gasteiger partial charge in [-0.25, -0.2) is 0 Å². The average Bonchev–Trinajstić information content (AvgIpc) is 2.45. The van der Waals surface area contributed by atoms with Gasteiger partial charge in [0, 0.05) is 12.6 Å². The van der Waals surface area contributed by atoms with E-state index < -0.39 is 0 Å². The van der Waals surface area contributed by atoms with Crippen molar-refractivity contribution in [3.8, 4) is 0 Å². The first-order valence-electron chi connectivity index (χ1n) is 7.09. The summed E-state index contributed by atoms with van der Waals surface area (Å²) in [6, 6.07) is 4.85. The summed E-state index contributed by atoms with van der Waals surface area (Å²) >= 11 is 0. The molecular weight excluding hydrogens is 224 g/mol. The van der Waals surface area contributed by atoms with Crippen molar-refractivity contribution in [1.82, 2.24) is 15.5 Å². The highest BCUT2D eigenvalue weighted by Gasteiger charge is 2.23. The lowest BCUT2D eigenvalue weighted by Crippen LogP contribution is -2.41. The van der Waals surface area contributed by atoms with Crippen LogP contribution in [0.2, 0.25) is 0 Å². The zero-order chi connectivity index (χ0) is 12.8. The van der Waals surface area contributed by atoms with Gasteiger partial charge in [0.15, 0.2) is 5.82 Å². The van der Waals surface area contributed by atoms with E-state index in [1.54, 1.807) is 0 Å². The van der Waals surface area contributed by atoms with Crippen molar-refractivity contribution in [3.63, 3.8) is 0 Å². The summed E-state index contributed by atoms with van der Waals surface area (Å²) in [5, 5.41) is 11.9. The maximum absolute atomic E-state index is 4.39. The predicted molar refractivity (Wildman–Crippen MR) is 74.9 cm³/mol. The minimum absolute atomic E-state index is 0.618. The molecule has 0 aliphatic carbocycles. The van der Waals surface area contributed by atoms with Crippen molar-refractivity contribution in [2.75, 3.05) is 25.0 Å². The van der Waals surface area contributed by atoms with Crippen LogP contribution in [0.5, 0.6) is 0 Å². The third kappa shape index (κ3) is 3.19. The molecule has 4 heteroatoms. The van der Waals surface area contributed by atoms with Gasteiger partial charge in [-0.3, -0.25) is 0 Å². The Morgan fingerprint density at radius 1 is 1.33 bits per heavy atom. The van der Waals surface area contributed by atoms with Crippen LogP contribution >= 0.6 is 0 Å². The standard InChI is InChI=1S/C14H24N4/c1-3-12-7-8-14(17-16-12)18-11-5-4-6-13(18)9-10-15-2/h7-8,13,15H,3-6,9-11H2,1-2H3. The van der Waals surface area contributed by atoms with Crippen LogP contribution in [0, 0.1) is 0 Å². The van der Waals surface area contributed by atoms with Crippen molar-refractivity contribution in [2.45, 2.75) is 45.1 Å². The van der Waals surface area contributed by atoms with Crippen molar-refractivity contribution in [2.24, 2.45) is 0 Å². The van der Waals surface area contributed by atoms with Crippen molar-refractivity contribution in [3.05, 3.63) is 17.8 Å². The topological polar surface area (TPSA) is 41.0 Å². The van der Waals surface area contributed by atoms with Gasteiger partial charge in [0.2, 0.25) is 0 Å². The molecule has 2 rings (SSSR count). The molecule has 0 bridgehead atoms. The molecule has 0 aromatic carbocycles. The summed E-state index contributed by atoms with van der Waals surface area (Å²) < 4.78 is 0. The quantitative estimate of drug-likeness (QED) is 0.865. The first-order chi connectivity index (χ1) is 8.85. The number of aryl methyl sites for hydroxylation is 1. The van der Waals surface area contributed by atoms with Crippen LogP contribution in [-0.2, 0) is 6.42 Å². The highest BCUT2D eigenvalue weighted by Crippen LogP contribution is 2.24. The molecule has 100 valence electrons. The number of nitrogens with one attached hydrogen (secondary N) is 1. The number of aromatic nitrogens is 2. The third-order valence-corrected chi connectivity index (χ3v) is 3.72. The van der Waals surface area contributed by atoms with Crippen LogP contribution in [0.4, 0.5) is 5.82 Å². The average molecular weight is 248 g/mol. The van der Waals surface area contributed by atoms with E-state index in [1.807, 2.05) is 7.05 Å². The van der Waals surface area contributed by atoms with Gasteiger partial charge in [-0.2, -0.15) is 5.10 Å². The van der Waals surface area contributed by atoms with Gasteiger partial charge in [0.25, 0.3) is 0 Å². The zero-order valence-corrected chi connectivity index (χ0v) is 11.5. The lowest BCUT2D eigenvalue weighted by molar-refractivity contribution is 0.429. The lowest BCUT2D eigenvalue weighted by Gasteiger charge is -2.36. The van der Waals surface area contributed by atoms with Crippen LogP contribution in [-0.4, -0.2) is 36.4 Å². The van der Waals surface area contributed by atoms with Crippen LogP contribution < -0.4 is 10.2 Å². The summed E-state index contributed by atoms with van der Waals surface area (Å²) in [6.45, 7) is 4.30. The second-order valence-electron chi connectivity index (χ2n) is 4.97. The molecular formula is C14H24N4. The Labute approximate surface area is 110 Å². The maximum Gasteiger partial charge on any atom is 0.151 e. The van der Waals surface area contributed by atoms with E-state index in [0.717, 1.165) is 31.0 Å². The normalized spacial score (nSPS) is 20.1. The Kier molecular flexibility index (Phi) is 4.93. The predicted octanol–water partition coefficient (Wildman–Crippen LogP) is 2.01. The molecule has 0 radical (unpaired) electrons. The largest absolute Gasteiger partial charge is 0.352 e. The Hall–Kier alpha value is -1.16. The highest BCUT2D eigenvalue weighted by molar-refractivity contribution is 5.39. The molecule has 1 N–H and O–H groups in total. The van der Waals surface area contributed by atoms with Gasteiger partial charge in [-0.05, 0) is 57.8 Å². The van der Waals surface area contributed by atoms with Crippen molar-refractivity contribution in [1.29, 1.82) is 0 Å². The first kappa shape index (κ1) is 13.3. The van der Waals surface area contributed by atoms with E-state index in [2.05, 4.69) is 39.5 Å². The SMILES string of the molecule is CCc1ccc(N2CCCCC2CCNC)nn1. The summed E-state index contributed by atoms with van der Waals surface area (Å²) in [5.74, 6) is 1.05. The monoisotopic (exact) mass is 248 g/mol. The fourth-order valence-corrected chi connectivity index (χ4v) is 2.61. The van der Waals surface area contributed by atoms with E-state index in [0.29, 0.717) is 6.04 Å². The molecule has 1 unspecified atom stereocenters. The Morgan fingerprint density at radius 2 is 2.22 bits per heavy atom. The number of anilines is 1. The van der Waals surface area contributed by atoms with Crippen molar-refractivity contribution >= 4 is 5.82 Å². The molecule has 1 saturated heterocycles. The summed E-state index contributed by atoms with van der Waals surface area (Å²) in [6.07, 6.45) is 6.03. The van der Waals surface area contributed by atoms with Crippen LogP contribution in [0.3, 0.4) is 0 Å². The van der Waals surface area contributed by atoms with Gasteiger partial charge in [0.1, 0.15) is 0 Å². The zero-order valence-electron chi connectivity index (χ0n) is 11.5. The van der Waals surface area contributed by atoms with Crippen molar-refractivity contribution < 1.29 is 0 Å². The number of hydrogen-bond donors (Lipinski definition) is 1. The number of rotatable bonds is 5. The van der Waals surface area contributed by atoms with E-state index in [4.69, 9.17) is 0 Å². The molecule has 0 saturated carbocycles. The van der Waals surface area contributed by atoms with Crippen LogP contribution in [0.15, 0.2) is 12.1 Å². The summed E-state index contributed by atoms with van der Waals surface area (Å²) in [5.41, 5.74) is 1.07. The number of nitrogens with zero attached hydrogens (tertiary/aromatic N) is 3. The van der Waals surface area contributed by atoms with Gasteiger partial charge in [0.05, 0.1) is 5.69 Å². The van der Waals surface area contributed by atoms with Gasteiger partial charge >= 0.3 is 0 Å². The Morgan fingerprint density at radius 3 is 2.89 bits per heavy atom. The molecule has 1 aliphatic rings. The summed E-state index contributed by atoms with van der Waals surface area (Å²) in [7, 11) is 2.02. The fourth-order valence-electron chi connectivity index (χ4n) is 2.61. The first-order valence-corrected chi connectivity index (χ1v) is 7.09. The minimum atomic E-state index is 0.618. The van der Waals surface area contributed by atoms with E-state index in [-0.39, 0.29) is 0 Å². The number of piperidine rings is 1. The van der Waals surface area contributed by atoms with Gasteiger partial charge < -0.3 is 10.2 Å². The fraction of sp³-hybridized carbons (Fsp3) is 0.714. The van der Waals surface area contributed by atoms with Gasteiger partial charge in [-0.1, -0.05) is 6.92 Å². The molecule has 0 amide bonds. The molecule has 0 spiro atoms. The molecule has 2 heterocycles. The van der Waals surface area contributed by atoms with E-state index in [9.17, 15) is 0 Å². The van der Waals surface area contributed by atoms with E-state index >= 15 is 0 Å². The maximum atomic E-state index is 4.39. The molecule has 1 aliphatic heterocycles. The second-order valence-corrected chi connectivity index (χ2v) is 4.97. The van der Waals surface area contributed by atoms with Gasteiger partial charge in [-0.15, -0.1) is 5.10 Å². The Bertz CT molecular complexity index is 349. The summed E-state index contributed by atoms with van der Waals surface area (Å²) in [4.78, 5) is 2.44. The molecule has 4 nitrogen and oxygen atoms in total. The smallest absolute Gasteiger partial charge is 0.151 e. The van der Waals surface area contributed by atoms with Crippen LogP contribution in [0.1, 0.15) is 38.3 Å². The Balaban J connectivity index is 2.06. The molecule has 1 fully saturated rings. The molecule has 1 atom stereocenters. The third-order valence-electron chi connectivity index (χ3n) is 3.72. The minimum Gasteiger partial charge on any atom is -0.352 e. The second kappa shape index (κ2) is 6.69. The van der Waals surface area contributed by atoms with E-state index in [1.165, 1.54) is 25.7 Å².